The fourth-order valence-corrected chi connectivity index (χ4v) is 11.1. The van der Waals surface area contributed by atoms with Gasteiger partial charge < -0.3 is 20.6 Å². The Hall–Kier alpha value is -1.17. The molecule has 3 unspecified atom stereocenters. The zero-order chi connectivity index (χ0) is 53.6. The van der Waals surface area contributed by atoms with Crippen LogP contribution in [0.3, 0.4) is 0 Å². The van der Waals surface area contributed by atoms with Gasteiger partial charge in [0.25, 0.3) is 0 Å². The summed E-state index contributed by atoms with van der Waals surface area (Å²) in [4.78, 5) is 12.6. The number of aliphatic hydroxyl groups excluding tert-OH is 3. The number of allylic oxidation sites excluding steroid dienone is 3. The summed E-state index contributed by atoms with van der Waals surface area (Å²) >= 11 is 0. The molecular formula is C69H135NO4. The molecule has 3 atom stereocenters. The summed E-state index contributed by atoms with van der Waals surface area (Å²) in [6.07, 6.45) is 84.4. The summed E-state index contributed by atoms with van der Waals surface area (Å²) in [7, 11) is 0. The minimum Gasteiger partial charge on any atom is -0.394 e. The number of nitrogens with one attached hydrogen (secondary N) is 1. The first-order chi connectivity index (χ1) is 36.5. The molecule has 0 aliphatic heterocycles. The molecule has 74 heavy (non-hydrogen) atoms. The monoisotopic (exact) mass is 1040 g/mol. The number of hydrogen-bond acceptors (Lipinski definition) is 4. The molecule has 0 aliphatic carbocycles. The number of amides is 1. The average molecular weight is 1040 g/mol. The highest BCUT2D eigenvalue weighted by Gasteiger charge is 2.20. The van der Waals surface area contributed by atoms with Gasteiger partial charge in [-0.05, 0) is 32.1 Å². The minimum atomic E-state index is -0.951. The van der Waals surface area contributed by atoms with Crippen LogP contribution in [0, 0.1) is 0 Å². The third-order valence-corrected chi connectivity index (χ3v) is 16.2. The van der Waals surface area contributed by atoms with E-state index in [0.717, 1.165) is 32.1 Å². The molecule has 0 aromatic carbocycles. The van der Waals surface area contributed by atoms with Gasteiger partial charge in [-0.1, -0.05) is 372 Å². The Bertz CT molecular complexity index is 1110. The van der Waals surface area contributed by atoms with E-state index >= 15 is 0 Å². The second kappa shape index (κ2) is 64.4. The normalized spacial score (nSPS) is 13.2. The van der Waals surface area contributed by atoms with Crippen molar-refractivity contribution in [3.63, 3.8) is 0 Å². The van der Waals surface area contributed by atoms with Gasteiger partial charge in [0, 0.05) is 0 Å². The van der Waals surface area contributed by atoms with Crippen LogP contribution in [0.4, 0.5) is 0 Å². The smallest absolute Gasteiger partial charge is 0.222 e. The molecule has 0 radical (unpaired) electrons. The van der Waals surface area contributed by atoms with Crippen LogP contribution in [-0.4, -0.2) is 46.1 Å². The lowest BCUT2D eigenvalue weighted by atomic mass is 10.0. The fraction of sp³-hybridized carbons (Fsp3) is 0.928. The van der Waals surface area contributed by atoms with E-state index in [1.54, 1.807) is 6.08 Å². The van der Waals surface area contributed by atoms with Gasteiger partial charge in [0.1, 0.15) is 0 Å². The molecule has 0 aromatic rings. The van der Waals surface area contributed by atoms with Crippen molar-refractivity contribution in [1.82, 2.24) is 5.32 Å². The zero-order valence-electron chi connectivity index (χ0n) is 50.5. The van der Waals surface area contributed by atoms with Gasteiger partial charge in [0.15, 0.2) is 0 Å². The first-order valence-electron chi connectivity index (χ1n) is 34.1. The van der Waals surface area contributed by atoms with Crippen molar-refractivity contribution in [2.75, 3.05) is 6.61 Å². The molecule has 0 heterocycles. The van der Waals surface area contributed by atoms with E-state index in [-0.39, 0.29) is 18.9 Å². The number of carbonyl (C=O) groups excluding carboxylic acids is 1. The van der Waals surface area contributed by atoms with E-state index in [2.05, 4.69) is 31.3 Å². The van der Waals surface area contributed by atoms with Gasteiger partial charge in [-0.3, -0.25) is 4.79 Å². The van der Waals surface area contributed by atoms with E-state index in [9.17, 15) is 20.1 Å². The van der Waals surface area contributed by atoms with Crippen molar-refractivity contribution in [2.45, 2.75) is 405 Å². The third-order valence-electron chi connectivity index (χ3n) is 16.2. The lowest BCUT2D eigenvalue weighted by Gasteiger charge is -2.21. The van der Waals surface area contributed by atoms with Crippen LogP contribution >= 0.6 is 0 Å². The number of carbonyl (C=O) groups is 1. The highest BCUT2D eigenvalue weighted by Crippen LogP contribution is 2.19. The lowest BCUT2D eigenvalue weighted by molar-refractivity contribution is -0.124. The molecule has 0 fully saturated rings. The first-order valence-corrected chi connectivity index (χ1v) is 34.1. The summed E-state index contributed by atoms with van der Waals surface area (Å²) in [5.74, 6) is -0.317. The van der Waals surface area contributed by atoms with Crippen molar-refractivity contribution in [3.05, 3.63) is 24.3 Å². The number of aliphatic hydroxyl groups is 3. The molecule has 1 amide bonds. The summed E-state index contributed by atoms with van der Waals surface area (Å²) in [6, 6.07) is -0.760. The predicted octanol–water partition coefficient (Wildman–Crippen LogP) is 22.0. The van der Waals surface area contributed by atoms with Gasteiger partial charge in [0.2, 0.25) is 5.91 Å². The van der Waals surface area contributed by atoms with Crippen LogP contribution < -0.4 is 5.32 Å². The Morgan fingerprint density at radius 3 is 0.865 bits per heavy atom. The lowest BCUT2D eigenvalue weighted by Crippen LogP contribution is -2.45. The second-order valence-corrected chi connectivity index (χ2v) is 23.8. The van der Waals surface area contributed by atoms with Crippen molar-refractivity contribution >= 4 is 5.91 Å². The summed E-state index contributed by atoms with van der Waals surface area (Å²) in [5, 5.41) is 33.6. The molecular weight excluding hydrogens is 907 g/mol. The topological polar surface area (TPSA) is 89.8 Å². The first kappa shape index (κ1) is 72.8. The number of rotatable bonds is 64. The maximum Gasteiger partial charge on any atom is 0.222 e. The Morgan fingerprint density at radius 1 is 0.338 bits per heavy atom. The summed E-state index contributed by atoms with van der Waals surface area (Å²) in [6.45, 7) is 4.25. The van der Waals surface area contributed by atoms with E-state index in [1.165, 1.54) is 327 Å². The van der Waals surface area contributed by atoms with Crippen molar-refractivity contribution in [3.8, 4) is 0 Å². The molecule has 5 heteroatoms. The number of hydrogen-bond donors (Lipinski definition) is 4. The molecule has 440 valence electrons. The molecule has 0 aliphatic rings. The molecule has 0 aromatic heterocycles. The van der Waals surface area contributed by atoms with E-state index in [4.69, 9.17) is 0 Å². The molecule has 0 saturated heterocycles. The molecule has 0 rings (SSSR count). The van der Waals surface area contributed by atoms with E-state index in [1.807, 2.05) is 6.08 Å². The second-order valence-electron chi connectivity index (χ2n) is 23.8. The van der Waals surface area contributed by atoms with E-state index in [0.29, 0.717) is 6.42 Å². The van der Waals surface area contributed by atoms with Crippen LogP contribution in [-0.2, 0) is 4.79 Å². The average Bonchev–Trinajstić information content (AvgIpc) is 3.40. The molecule has 5 nitrogen and oxygen atoms in total. The predicted molar refractivity (Wildman–Crippen MR) is 328 cm³/mol. The van der Waals surface area contributed by atoms with Gasteiger partial charge in [-0.2, -0.15) is 0 Å². The largest absolute Gasteiger partial charge is 0.394 e. The zero-order valence-corrected chi connectivity index (χ0v) is 50.5. The summed E-state index contributed by atoms with van der Waals surface area (Å²) in [5.41, 5.74) is 0. The Labute approximate surface area is 464 Å². The number of unbranched alkanes of at least 4 members (excludes halogenated alkanes) is 53. The standard InChI is InChI=1S/C69H135NO4/c1-3-5-7-9-11-13-15-17-19-21-23-25-27-28-29-30-31-32-33-34-35-36-37-38-39-40-41-42-44-46-48-50-52-54-56-58-60-62-66(72)64-69(74)70-67(65-71)68(73)63-61-59-57-55-53-51-49-47-45-43-26-24-22-20-18-16-14-12-10-8-6-4-2/h53,55,61,63,66-68,71-73H,3-52,54,56-60,62,64-65H2,1-2H3,(H,70,74)/b55-53+,63-61+. The van der Waals surface area contributed by atoms with Crippen molar-refractivity contribution in [1.29, 1.82) is 0 Å². The molecule has 0 saturated carbocycles. The van der Waals surface area contributed by atoms with Crippen LogP contribution in [0.2, 0.25) is 0 Å². The Kier molecular flexibility index (Phi) is 63.3. The third kappa shape index (κ3) is 60.1. The maximum atomic E-state index is 12.6. The Morgan fingerprint density at radius 2 is 0.581 bits per heavy atom. The fourth-order valence-electron chi connectivity index (χ4n) is 11.1. The maximum absolute atomic E-state index is 12.6. The van der Waals surface area contributed by atoms with E-state index < -0.39 is 18.2 Å². The molecule has 4 N–H and O–H groups in total. The van der Waals surface area contributed by atoms with Crippen LogP contribution in [0.5, 0.6) is 0 Å². The van der Waals surface area contributed by atoms with Gasteiger partial charge in [0.05, 0.1) is 31.3 Å². The Balaban J connectivity index is 3.46. The molecule has 0 spiro atoms. The quantitative estimate of drug-likeness (QED) is 0.0361. The summed E-state index contributed by atoms with van der Waals surface area (Å²) < 4.78 is 0. The van der Waals surface area contributed by atoms with Crippen molar-refractivity contribution in [2.24, 2.45) is 0 Å². The van der Waals surface area contributed by atoms with Crippen LogP contribution in [0.25, 0.3) is 0 Å². The highest BCUT2D eigenvalue weighted by atomic mass is 16.3. The highest BCUT2D eigenvalue weighted by molar-refractivity contribution is 5.76. The minimum absolute atomic E-state index is 0.0107. The van der Waals surface area contributed by atoms with Crippen molar-refractivity contribution < 1.29 is 20.1 Å². The van der Waals surface area contributed by atoms with Gasteiger partial charge in [-0.15, -0.1) is 0 Å². The van der Waals surface area contributed by atoms with Crippen LogP contribution in [0.1, 0.15) is 386 Å². The SMILES string of the molecule is CCCCCCCCCCCCCCCCCC/C=C/CC/C=C/C(O)C(CO)NC(=O)CC(O)CCCCCCCCCCCCCCCCCCCCCCCCCCCCCCCCCCCCCCC. The van der Waals surface area contributed by atoms with Gasteiger partial charge >= 0.3 is 0 Å². The molecule has 0 bridgehead atoms. The van der Waals surface area contributed by atoms with Crippen LogP contribution in [0.15, 0.2) is 24.3 Å². The van der Waals surface area contributed by atoms with Gasteiger partial charge in [-0.25, -0.2) is 0 Å².